The monoisotopic (exact) mass is 235 g/mol. The van der Waals surface area contributed by atoms with Gasteiger partial charge in [-0.25, -0.2) is 0 Å². The lowest BCUT2D eigenvalue weighted by Crippen LogP contribution is -2.22. The first-order chi connectivity index (χ1) is 8.24. The number of aromatic nitrogens is 1. The first kappa shape index (κ1) is 12.3. The number of nitrogens with one attached hydrogen (secondary N) is 1. The summed E-state index contributed by atoms with van der Waals surface area (Å²) in [5.74, 6) is 0. The van der Waals surface area contributed by atoms with Gasteiger partial charge in [-0.15, -0.1) is 0 Å². The number of hydrogen-bond donors (Lipinski definition) is 2. The van der Waals surface area contributed by atoms with E-state index < -0.39 is 0 Å². The summed E-state index contributed by atoms with van der Waals surface area (Å²) in [5.41, 5.74) is 2.19. The molecule has 2 unspecified atom stereocenters. The highest BCUT2D eigenvalue weighted by Gasteiger charge is 2.20. The third-order valence-electron chi connectivity index (χ3n) is 3.41. The maximum absolute atomic E-state index is 9.51. The molecule has 94 valence electrons. The van der Waals surface area contributed by atoms with Crippen LogP contribution in [0.4, 0.5) is 5.69 Å². The van der Waals surface area contributed by atoms with Crippen LogP contribution in [0.5, 0.6) is 0 Å². The molecule has 0 spiro atoms. The highest BCUT2D eigenvalue weighted by atomic mass is 16.3. The Morgan fingerprint density at radius 1 is 1.59 bits per heavy atom. The normalized spacial score (nSPS) is 21.8. The maximum atomic E-state index is 9.51. The van der Waals surface area contributed by atoms with Gasteiger partial charge in [0.15, 0.2) is 0 Å². The number of hydrogen-bond acceptors (Lipinski definition) is 4. The number of rotatable bonds is 4. The van der Waals surface area contributed by atoms with E-state index in [9.17, 15) is 5.11 Å². The van der Waals surface area contributed by atoms with Gasteiger partial charge < -0.3 is 15.3 Å². The summed E-state index contributed by atoms with van der Waals surface area (Å²) in [4.78, 5) is 6.69. The molecule has 1 fully saturated rings. The zero-order valence-electron chi connectivity index (χ0n) is 10.6. The number of pyridine rings is 1. The third kappa shape index (κ3) is 2.76. The molecule has 2 heterocycles. The van der Waals surface area contributed by atoms with Gasteiger partial charge in [0.1, 0.15) is 0 Å². The molecular formula is C13H21N3O. The van der Waals surface area contributed by atoms with Gasteiger partial charge >= 0.3 is 0 Å². The van der Waals surface area contributed by atoms with Crippen LogP contribution in [0.3, 0.4) is 0 Å². The molecule has 2 N–H and O–H groups in total. The van der Waals surface area contributed by atoms with Crippen LogP contribution in [0.1, 0.15) is 31.5 Å². The van der Waals surface area contributed by atoms with Gasteiger partial charge in [-0.05, 0) is 32.0 Å². The summed E-state index contributed by atoms with van der Waals surface area (Å²) in [7, 11) is 1.96. The Hall–Kier alpha value is -1.13. The van der Waals surface area contributed by atoms with Crippen molar-refractivity contribution in [1.29, 1.82) is 0 Å². The van der Waals surface area contributed by atoms with E-state index in [2.05, 4.69) is 34.3 Å². The van der Waals surface area contributed by atoms with Gasteiger partial charge in [0, 0.05) is 19.1 Å². The van der Waals surface area contributed by atoms with Crippen molar-refractivity contribution in [3.05, 3.63) is 24.0 Å². The molecule has 4 heteroatoms. The maximum Gasteiger partial charge on any atom is 0.0731 e. The van der Waals surface area contributed by atoms with E-state index in [0.29, 0.717) is 6.04 Å². The highest BCUT2D eigenvalue weighted by Crippen LogP contribution is 2.21. The minimum Gasteiger partial charge on any atom is -0.391 e. The fourth-order valence-electron chi connectivity index (χ4n) is 2.33. The first-order valence-corrected chi connectivity index (χ1v) is 6.30. The topological polar surface area (TPSA) is 48.4 Å². The van der Waals surface area contributed by atoms with Crippen molar-refractivity contribution in [2.75, 3.05) is 25.0 Å². The minimum absolute atomic E-state index is 0.185. The fraction of sp³-hybridized carbons (Fsp3) is 0.615. The second-order valence-electron chi connectivity index (χ2n) is 4.58. The summed E-state index contributed by atoms with van der Waals surface area (Å²) in [6.45, 7) is 3.79. The summed E-state index contributed by atoms with van der Waals surface area (Å²) < 4.78 is 0. The van der Waals surface area contributed by atoms with E-state index in [0.717, 1.165) is 37.3 Å². The van der Waals surface area contributed by atoms with Crippen LogP contribution in [-0.4, -0.2) is 36.3 Å². The Morgan fingerprint density at radius 3 is 2.88 bits per heavy atom. The minimum atomic E-state index is -0.185. The molecule has 1 aliphatic heterocycles. The summed E-state index contributed by atoms with van der Waals surface area (Å²) in [5, 5.41) is 12.8. The predicted octanol–water partition coefficient (Wildman–Crippen LogP) is 1.32. The van der Waals surface area contributed by atoms with Crippen LogP contribution in [-0.2, 0) is 0 Å². The molecule has 0 saturated carbocycles. The quantitative estimate of drug-likeness (QED) is 0.826. The SMILES string of the molecule is CCC(NC)c1ccc(N2CCC(O)C2)cn1. The molecule has 1 saturated heterocycles. The summed E-state index contributed by atoms with van der Waals surface area (Å²) >= 11 is 0. The lowest BCUT2D eigenvalue weighted by molar-refractivity contribution is 0.198. The predicted molar refractivity (Wildman–Crippen MR) is 69.2 cm³/mol. The van der Waals surface area contributed by atoms with Crippen molar-refractivity contribution in [3.8, 4) is 0 Å². The van der Waals surface area contributed by atoms with Gasteiger partial charge in [-0.3, -0.25) is 4.98 Å². The summed E-state index contributed by atoms with van der Waals surface area (Å²) in [6, 6.07) is 4.50. The van der Waals surface area contributed by atoms with Crippen LogP contribution in [0.15, 0.2) is 18.3 Å². The van der Waals surface area contributed by atoms with Crippen molar-refractivity contribution in [2.45, 2.75) is 31.9 Å². The molecule has 0 amide bonds. The molecule has 1 aromatic rings. The Morgan fingerprint density at radius 2 is 2.41 bits per heavy atom. The van der Waals surface area contributed by atoms with Crippen LogP contribution in [0.2, 0.25) is 0 Å². The number of aliphatic hydroxyl groups is 1. The van der Waals surface area contributed by atoms with Crippen LogP contribution in [0, 0.1) is 0 Å². The molecular weight excluding hydrogens is 214 g/mol. The van der Waals surface area contributed by atoms with Crippen LogP contribution in [0.25, 0.3) is 0 Å². The second-order valence-corrected chi connectivity index (χ2v) is 4.58. The molecule has 1 aliphatic rings. The molecule has 0 radical (unpaired) electrons. The number of nitrogens with zero attached hydrogens (tertiary/aromatic N) is 2. The van der Waals surface area contributed by atoms with Gasteiger partial charge in [-0.2, -0.15) is 0 Å². The van der Waals surface area contributed by atoms with Gasteiger partial charge in [0.05, 0.1) is 23.7 Å². The largest absolute Gasteiger partial charge is 0.391 e. The molecule has 2 rings (SSSR count). The van der Waals surface area contributed by atoms with Crippen molar-refractivity contribution in [2.24, 2.45) is 0 Å². The molecule has 0 aromatic carbocycles. The van der Waals surface area contributed by atoms with E-state index in [4.69, 9.17) is 0 Å². The lowest BCUT2D eigenvalue weighted by Gasteiger charge is -2.19. The van der Waals surface area contributed by atoms with E-state index in [1.807, 2.05) is 13.2 Å². The van der Waals surface area contributed by atoms with Crippen LogP contribution < -0.4 is 10.2 Å². The Bertz CT molecular complexity index is 348. The van der Waals surface area contributed by atoms with E-state index in [1.165, 1.54) is 0 Å². The second kappa shape index (κ2) is 5.47. The van der Waals surface area contributed by atoms with E-state index in [1.54, 1.807) is 0 Å². The molecule has 2 atom stereocenters. The highest BCUT2D eigenvalue weighted by molar-refractivity contribution is 5.46. The standard InChI is InChI=1S/C13H21N3O/c1-3-12(14-2)13-5-4-10(8-15-13)16-7-6-11(17)9-16/h4-5,8,11-12,14,17H,3,6-7,9H2,1-2H3. The summed E-state index contributed by atoms with van der Waals surface area (Å²) in [6.07, 6.45) is 3.62. The van der Waals surface area contributed by atoms with Crippen molar-refractivity contribution < 1.29 is 5.11 Å². The smallest absolute Gasteiger partial charge is 0.0731 e. The fourth-order valence-corrected chi connectivity index (χ4v) is 2.33. The zero-order valence-corrected chi connectivity index (χ0v) is 10.6. The Labute approximate surface area is 103 Å². The Kier molecular flexibility index (Phi) is 3.97. The molecule has 0 bridgehead atoms. The van der Waals surface area contributed by atoms with Gasteiger partial charge in [0.2, 0.25) is 0 Å². The van der Waals surface area contributed by atoms with Gasteiger partial charge in [-0.1, -0.05) is 6.92 Å². The molecule has 17 heavy (non-hydrogen) atoms. The van der Waals surface area contributed by atoms with Crippen LogP contribution >= 0.6 is 0 Å². The van der Waals surface area contributed by atoms with Gasteiger partial charge in [0.25, 0.3) is 0 Å². The van der Waals surface area contributed by atoms with Crippen molar-refractivity contribution >= 4 is 5.69 Å². The molecule has 1 aromatic heterocycles. The van der Waals surface area contributed by atoms with E-state index in [-0.39, 0.29) is 6.10 Å². The number of β-amino-alcohol motifs (C(OH)–C–C–N with tert-alkyl or cyclic N) is 1. The first-order valence-electron chi connectivity index (χ1n) is 6.30. The van der Waals surface area contributed by atoms with E-state index >= 15 is 0 Å². The van der Waals surface area contributed by atoms with Crippen molar-refractivity contribution in [1.82, 2.24) is 10.3 Å². The average Bonchev–Trinajstić information content (AvgIpc) is 2.78. The number of anilines is 1. The average molecular weight is 235 g/mol. The van der Waals surface area contributed by atoms with Crippen molar-refractivity contribution in [3.63, 3.8) is 0 Å². The third-order valence-corrected chi connectivity index (χ3v) is 3.41. The Balaban J connectivity index is 2.07. The molecule has 4 nitrogen and oxygen atoms in total. The zero-order chi connectivity index (χ0) is 12.3. The lowest BCUT2D eigenvalue weighted by atomic mass is 10.1. The number of aliphatic hydroxyl groups excluding tert-OH is 1. The molecule has 0 aliphatic carbocycles.